The van der Waals surface area contributed by atoms with Gasteiger partial charge in [0.2, 0.25) is 5.91 Å². The van der Waals surface area contributed by atoms with E-state index in [0.717, 1.165) is 36.3 Å². The Kier molecular flexibility index (Phi) is 5.52. The number of likely N-dealkylation sites (tertiary alicyclic amines) is 1. The number of phenolic OH excluding ortho intramolecular Hbond substituents is 1. The number of hydrogen-bond acceptors (Lipinski definition) is 5. The fourth-order valence-electron chi connectivity index (χ4n) is 7.60. The highest BCUT2D eigenvalue weighted by Crippen LogP contribution is 2.64. The molecule has 2 aromatic rings. The predicted molar refractivity (Wildman–Crippen MR) is 142 cm³/mol. The van der Waals surface area contributed by atoms with Crippen molar-refractivity contribution in [3.63, 3.8) is 0 Å². The Morgan fingerprint density at radius 2 is 2.05 bits per heavy atom. The van der Waals surface area contributed by atoms with Gasteiger partial charge in [0.15, 0.2) is 11.5 Å². The van der Waals surface area contributed by atoms with Gasteiger partial charge < -0.3 is 19.8 Å². The first-order valence-electron chi connectivity index (χ1n) is 13.8. The van der Waals surface area contributed by atoms with Crippen LogP contribution in [0.4, 0.5) is 13.2 Å². The minimum atomic E-state index is -4.47. The lowest BCUT2D eigenvalue weighted by atomic mass is 9.50. The van der Waals surface area contributed by atoms with Crippen molar-refractivity contribution in [1.82, 2.24) is 9.80 Å². The van der Waals surface area contributed by atoms with Gasteiger partial charge in [0, 0.05) is 31.3 Å². The van der Waals surface area contributed by atoms with Crippen molar-refractivity contribution < 1.29 is 32.9 Å². The highest BCUT2D eigenvalue weighted by Gasteiger charge is 2.72. The van der Waals surface area contributed by atoms with E-state index in [2.05, 4.69) is 4.90 Å². The molecule has 210 valence electrons. The van der Waals surface area contributed by atoms with Crippen molar-refractivity contribution >= 4 is 12.0 Å². The van der Waals surface area contributed by atoms with Crippen LogP contribution in [0, 0.1) is 5.92 Å². The summed E-state index contributed by atoms with van der Waals surface area (Å²) in [5.74, 6) is 0.652. The van der Waals surface area contributed by atoms with Gasteiger partial charge >= 0.3 is 6.18 Å². The van der Waals surface area contributed by atoms with Gasteiger partial charge in [0.05, 0.1) is 17.0 Å². The lowest BCUT2D eigenvalue weighted by Crippen LogP contribution is -2.76. The largest absolute Gasteiger partial charge is 0.504 e. The maximum Gasteiger partial charge on any atom is 0.416 e. The van der Waals surface area contributed by atoms with Crippen LogP contribution in [-0.4, -0.2) is 69.8 Å². The third kappa shape index (κ3) is 3.59. The van der Waals surface area contributed by atoms with E-state index in [1.165, 1.54) is 42.0 Å². The third-order valence-corrected chi connectivity index (χ3v) is 9.74. The SMILES string of the molecule is CN(C(=O)/C=C/c1cccc(C(F)(F)F)c1)C1C=C[C@@]2(O)[C@H]3Cc4ccc(O)c5c4[C@@]2(CCN3CC2CC2)C1O5. The molecule has 5 atom stereocenters. The number of amides is 1. The molecule has 7 rings (SSSR count). The Balaban J connectivity index is 1.23. The van der Waals surface area contributed by atoms with Gasteiger partial charge in [-0.15, -0.1) is 0 Å². The van der Waals surface area contributed by atoms with E-state index in [0.29, 0.717) is 24.5 Å². The number of likely N-dealkylation sites (N-methyl/N-ethyl adjacent to an activating group) is 1. The van der Waals surface area contributed by atoms with Crippen molar-refractivity contribution in [3.8, 4) is 11.5 Å². The Labute approximate surface area is 230 Å². The van der Waals surface area contributed by atoms with Crippen molar-refractivity contribution in [2.45, 2.75) is 61.1 Å². The standard InChI is InChI=1S/C31H31F3N2O4/c1-35(25(38)10-7-18-3-2-4-21(15-18)31(32,33)34)22-11-12-30(39)24-16-20-8-9-23(37)27-26(20)29(30,28(22)40-27)13-14-36(24)17-19-5-6-19/h2-4,7-12,15,19,22,24,28,37,39H,5-6,13-14,16-17H2,1H3/b10-7+/t22?,24-,28?,29+,30-/m1/s1. The van der Waals surface area contributed by atoms with Crippen LogP contribution in [0.2, 0.25) is 0 Å². The van der Waals surface area contributed by atoms with Crippen LogP contribution in [0.5, 0.6) is 11.5 Å². The summed E-state index contributed by atoms with van der Waals surface area (Å²) in [7, 11) is 1.63. The van der Waals surface area contributed by atoms with Crippen LogP contribution < -0.4 is 4.74 Å². The average Bonchev–Trinajstić information content (AvgIpc) is 3.66. The first kappa shape index (κ1) is 25.7. The van der Waals surface area contributed by atoms with Crippen LogP contribution in [-0.2, 0) is 22.8 Å². The molecule has 2 N–H and O–H groups in total. The van der Waals surface area contributed by atoms with Crippen molar-refractivity contribution in [1.29, 1.82) is 0 Å². The molecule has 40 heavy (non-hydrogen) atoms. The second kappa shape index (κ2) is 8.60. The summed E-state index contributed by atoms with van der Waals surface area (Å²) in [6.45, 7) is 1.73. The number of halogens is 3. The van der Waals surface area contributed by atoms with Crippen molar-refractivity contribution in [2.24, 2.45) is 5.92 Å². The molecule has 2 bridgehead atoms. The number of carbonyl (C=O) groups excluding carboxylic acids is 1. The zero-order valence-corrected chi connectivity index (χ0v) is 22.1. The van der Waals surface area contributed by atoms with E-state index in [1.807, 2.05) is 18.2 Å². The van der Waals surface area contributed by atoms with Gasteiger partial charge in [-0.25, -0.2) is 0 Å². The lowest BCUT2D eigenvalue weighted by molar-refractivity contribution is -0.154. The number of nitrogens with zero attached hydrogens (tertiary/aromatic N) is 2. The van der Waals surface area contributed by atoms with E-state index in [1.54, 1.807) is 13.1 Å². The molecule has 2 aliphatic heterocycles. The van der Waals surface area contributed by atoms with Crippen LogP contribution in [0.3, 0.4) is 0 Å². The van der Waals surface area contributed by atoms with Crippen molar-refractivity contribution in [2.75, 3.05) is 20.1 Å². The van der Waals surface area contributed by atoms with Crippen LogP contribution >= 0.6 is 0 Å². The number of aliphatic hydroxyl groups is 1. The Morgan fingerprint density at radius 3 is 2.80 bits per heavy atom. The molecule has 0 aromatic heterocycles. The number of alkyl halides is 3. The van der Waals surface area contributed by atoms with Gasteiger partial charge in [-0.2, -0.15) is 13.2 Å². The van der Waals surface area contributed by atoms with Gasteiger partial charge in [-0.3, -0.25) is 9.69 Å². The molecule has 0 radical (unpaired) electrons. The number of ether oxygens (including phenoxy) is 1. The van der Waals surface area contributed by atoms with Gasteiger partial charge in [0.25, 0.3) is 0 Å². The summed E-state index contributed by atoms with van der Waals surface area (Å²) in [4.78, 5) is 17.2. The summed E-state index contributed by atoms with van der Waals surface area (Å²) >= 11 is 0. The first-order chi connectivity index (χ1) is 19.0. The van der Waals surface area contributed by atoms with Crippen LogP contribution in [0.15, 0.2) is 54.6 Å². The number of rotatable bonds is 5. The number of piperidine rings is 1. The Hall–Kier alpha value is -3.30. The van der Waals surface area contributed by atoms with Crippen LogP contribution in [0.1, 0.15) is 41.5 Å². The van der Waals surface area contributed by atoms with E-state index >= 15 is 0 Å². The molecule has 2 heterocycles. The fourth-order valence-corrected chi connectivity index (χ4v) is 7.60. The van der Waals surface area contributed by atoms with Gasteiger partial charge in [0.1, 0.15) is 11.7 Å². The molecule has 2 unspecified atom stereocenters. The molecule has 2 aromatic carbocycles. The summed E-state index contributed by atoms with van der Waals surface area (Å²) in [5.41, 5.74) is -0.684. The Morgan fingerprint density at radius 1 is 1.25 bits per heavy atom. The third-order valence-electron chi connectivity index (χ3n) is 9.74. The zero-order valence-electron chi connectivity index (χ0n) is 22.1. The Bertz CT molecular complexity index is 1450. The topological polar surface area (TPSA) is 73.2 Å². The minimum Gasteiger partial charge on any atom is -0.504 e. The molecule has 6 nitrogen and oxygen atoms in total. The number of aromatic hydroxyl groups is 1. The fraction of sp³-hybridized carbons (Fsp3) is 0.452. The molecule has 1 amide bonds. The summed E-state index contributed by atoms with van der Waals surface area (Å²) in [6.07, 6.45) is 4.87. The minimum absolute atomic E-state index is 0.0147. The van der Waals surface area contributed by atoms with E-state index < -0.39 is 40.8 Å². The second-order valence-corrected chi connectivity index (χ2v) is 11.9. The molecule has 1 saturated heterocycles. The predicted octanol–water partition coefficient (Wildman–Crippen LogP) is 4.29. The maximum absolute atomic E-state index is 13.3. The monoisotopic (exact) mass is 552 g/mol. The molecule has 5 aliphatic rings. The van der Waals surface area contributed by atoms with Crippen LogP contribution in [0.25, 0.3) is 6.08 Å². The highest BCUT2D eigenvalue weighted by molar-refractivity contribution is 5.92. The zero-order chi connectivity index (χ0) is 28.0. The highest BCUT2D eigenvalue weighted by atomic mass is 19.4. The first-order valence-corrected chi connectivity index (χ1v) is 13.8. The van der Waals surface area contributed by atoms with E-state index in [9.17, 15) is 28.2 Å². The summed E-state index contributed by atoms with van der Waals surface area (Å²) in [5, 5.41) is 23.3. The number of carbonyl (C=O) groups is 1. The quantitative estimate of drug-likeness (QED) is 0.428. The molecule has 9 heteroatoms. The lowest BCUT2D eigenvalue weighted by Gasteiger charge is -2.62. The molecule has 3 aliphatic carbocycles. The van der Waals surface area contributed by atoms with Gasteiger partial charge in [-0.05, 0) is 73.5 Å². The number of phenols is 1. The maximum atomic E-state index is 13.3. The van der Waals surface area contributed by atoms with Gasteiger partial charge in [-0.1, -0.05) is 30.4 Å². The summed E-state index contributed by atoms with van der Waals surface area (Å²) in [6, 6.07) is 7.67. The smallest absolute Gasteiger partial charge is 0.416 e. The molecular weight excluding hydrogens is 521 g/mol. The molecule has 2 fully saturated rings. The summed E-state index contributed by atoms with van der Waals surface area (Å²) < 4.78 is 45.9. The molecular formula is C31H31F3N2O4. The normalized spacial score (nSPS) is 32.2. The van der Waals surface area contributed by atoms with Crippen molar-refractivity contribution in [3.05, 3.63) is 76.9 Å². The van der Waals surface area contributed by atoms with E-state index in [4.69, 9.17) is 4.74 Å². The average molecular weight is 553 g/mol. The number of benzene rings is 2. The van der Waals surface area contributed by atoms with E-state index in [-0.39, 0.29) is 17.4 Å². The molecule has 1 saturated carbocycles. The second-order valence-electron chi connectivity index (χ2n) is 11.9. The molecule has 1 spiro atoms. The number of hydrogen-bond donors (Lipinski definition) is 2.